The van der Waals surface area contributed by atoms with Crippen LogP contribution in [0.5, 0.6) is 0 Å². The smallest absolute Gasteiger partial charge is 0.0576 e. The number of hydrogen-bond donors (Lipinski definition) is 1. The lowest BCUT2D eigenvalue weighted by Crippen LogP contribution is -2.28. The Labute approximate surface area is 101 Å². The van der Waals surface area contributed by atoms with Gasteiger partial charge in [-0.3, -0.25) is 0 Å². The molecule has 1 N–H and O–H groups in total. The summed E-state index contributed by atoms with van der Waals surface area (Å²) in [6.07, 6.45) is 9.59. The van der Waals surface area contributed by atoms with Gasteiger partial charge in [-0.15, -0.1) is 0 Å². The molecule has 0 aromatic carbocycles. The summed E-state index contributed by atoms with van der Waals surface area (Å²) in [6.45, 7) is 5.64. The summed E-state index contributed by atoms with van der Waals surface area (Å²) in [5, 5.41) is 3.46. The molecule has 0 radical (unpaired) electrons. The standard InChI is InChI=1S/C14H29NO/c1-4-6-12(2)11-13(15-3)8-9-14-7-5-10-16-14/h12-15H,4-11H2,1-3H3. The molecule has 0 aliphatic carbocycles. The summed E-state index contributed by atoms with van der Waals surface area (Å²) in [7, 11) is 2.10. The highest BCUT2D eigenvalue weighted by molar-refractivity contribution is 4.72. The first-order valence-electron chi connectivity index (χ1n) is 7.05. The van der Waals surface area contributed by atoms with Crippen molar-refractivity contribution in [2.75, 3.05) is 13.7 Å². The first-order valence-corrected chi connectivity index (χ1v) is 7.05. The predicted octanol–water partition coefficient (Wildman–Crippen LogP) is 3.36. The fourth-order valence-corrected chi connectivity index (χ4v) is 2.74. The molecule has 3 unspecified atom stereocenters. The normalized spacial score (nSPS) is 24.6. The summed E-state index contributed by atoms with van der Waals surface area (Å²) in [6, 6.07) is 0.686. The Morgan fingerprint density at radius 3 is 2.75 bits per heavy atom. The van der Waals surface area contributed by atoms with Gasteiger partial charge in [-0.1, -0.05) is 26.7 Å². The van der Waals surface area contributed by atoms with Crippen molar-refractivity contribution >= 4 is 0 Å². The van der Waals surface area contributed by atoms with E-state index in [-0.39, 0.29) is 0 Å². The minimum Gasteiger partial charge on any atom is -0.378 e. The molecule has 0 aromatic rings. The van der Waals surface area contributed by atoms with E-state index in [0.29, 0.717) is 12.1 Å². The third-order valence-electron chi connectivity index (χ3n) is 3.74. The van der Waals surface area contributed by atoms with Crippen LogP contribution in [0, 0.1) is 5.92 Å². The van der Waals surface area contributed by atoms with E-state index in [1.807, 2.05) is 0 Å². The van der Waals surface area contributed by atoms with Crippen molar-refractivity contribution in [3.63, 3.8) is 0 Å². The quantitative estimate of drug-likeness (QED) is 0.686. The van der Waals surface area contributed by atoms with Crippen LogP contribution in [0.15, 0.2) is 0 Å². The molecule has 1 aliphatic heterocycles. The second-order valence-electron chi connectivity index (χ2n) is 5.33. The zero-order valence-corrected chi connectivity index (χ0v) is 11.3. The van der Waals surface area contributed by atoms with E-state index in [9.17, 15) is 0 Å². The van der Waals surface area contributed by atoms with E-state index in [2.05, 4.69) is 26.2 Å². The molecule has 0 saturated carbocycles. The van der Waals surface area contributed by atoms with E-state index in [4.69, 9.17) is 4.74 Å². The molecule has 1 fully saturated rings. The highest BCUT2D eigenvalue weighted by Crippen LogP contribution is 2.20. The van der Waals surface area contributed by atoms with Crippen LogP contribution in [0.2, 0.25) is 0 Å². The van der Waals surface area contributed by atoms with Gasteiger partial charge < -0.3 is 10.1 Å². The fraction of sp³-hybridized carbons (Fsp3) is 1.00. The molecule has 0 spiro atoms. The lowest BCUT2D eigenvalue weighted by molar-refractivity contribution is 0.0989. The van der Waals surface area contributed by atoms with Crippen LogP contribution in [-0.4, -0.2) is 25.8 Å². The molecule has 1 heterocycles. The van der Waals surface area contributed by atoms with Gasteiger partial charge in [0, 0.05) is 12.6 Å². The molecular formula is C14H29NO. The molecule has 1 rings (SSSR count). The Hall–Kier alpha value is -0.0800. The van der Waals surface area contributed by atoms with Gasteiger partial charge in [0.25, 0.3) is 0 Å². The Balaban J connectivity index is 2.14. The van der Waals surface area contributed by atoms with Gasteiger partial charge in [-0.05, 0) is 45.1 Å². The zero-order valence-electron chi connectivity index (χ0n) is 11.3. The Morgan fingerprint density at radius 2 is 2.19 bits per heavy atom. The van der Waals surface area contributed by atoms with Crippen LogP contribution >= 0.6 is 0 Å². The first kappa shape index (κ1) is 14.0. The third-order valence-corrected chi connectivity index (χ3v) is 3.74. The minimum atomic E-state index is 0.553. The molecule has 0 aromatic heterocycles. The highest BCUT2D eigenvalue weighted by Gasteiger charge is 2.18. The van der Waals surface area contributed by atoms with Crippen LogP contribution in [0.25, 0.3) is 0 Å². The summed E-state index contributed by atoms with van der Waals surface area (Å²) >= 11 is 0. The molecule has 0 amide bonds. The van der Waals surface area contributed by atoms with Crippen molar-refractivity contribution in [1.82, 2.24) is 5.32 Å². The highest BCUT2D eigenvalue weighted by atomic mass is 16.5. The molecule has 2 heteroatoms. The lowest BCUT2D eigenvalue weighted by Gasteiger charge is -2.21. The van der Waals surface area contributed by atoms with Gasteiger partial charge >= 0.3 is 0 Å². The van der Waals surface area contributed by atoms with Crippen molar-refractivity contribution in [2.24, 2.45) is 5.92 Å². The summed E-state index contributed by atoms with van der Waals surface area (Å²) in [5.74, 6) is 0.854. The van der Waals surface area contributed by atoms with E-state index in [0.717, 1.165) is 12.5 Å². The van der Waals surface area contributed by atoms with E-state index in [1.54, 1.807) is 0 Å². The lowest BCUT2D eigenvalue weighted by atomic mass is 9.94. The van der Waals surface area contributed by atoms with Gasteiger partial charge in [-0.25, -0.2) is 0 Å². The third kappa shape index (κ3) is 5.31. The largest absolute Gasteiger partial charge is 0.378 e. The maximum atomic E-state index is 5.67. The molecule has 0 bridgehead atoms. The average molecular weight is 227 g/mol. The van der Waals surface area contributed by atoms with Crippen molar-refractivity contribution < 1.29 is 4.74 Å². The average Bonchev–Trinajstić information content (AvgIpc) is 2.77. The van der Waals surface area contributed by atoms with Crippen molar-refractivity contribution in [3.8, 4) is 0 Å². The van der Waals surface area contributed by atoms with Crippen molar-refractivity contribution in [3.05, 3.63) is 0 Å². The maximum absolute atomic E-state index is 5.67. The molecule has 1 aliphatic rings. The van der Waals surface area contributed by atoms with Gasteiger partial charge in [0.15, 0.2) is 0 Å². The topological polar surface area (TPSA) is 21.3 Å². The Bertz CT molecular complexity index is 166. The number of nitrogens with one attached hydrogen (secondary N) is 1. The predicted molar refractivity (Wildman–Crippen MR) is 69.7 cm³/mol. The number of rotatable bonds is 8. The van der Waals surface area contributed by atoms with Crippen molar-refractivity contribution in [1.29, 1.82) is 0 Å². The Morgan fingerprint density at radius 1 is 1.38 bits per heavy atom. The van der Waals surface area contributed by atoms with Crippen LogP contribution in [-0.2, 0) is 4.74 Å². The summed E-state index contributed by atoms with van der Waals surface area (Å²) in [4.78, 5) is 0. The molecule has 3 atom stereocenters. The van der Waals surface area contributed by atoms with E-state index < -0.39 is 0 Å². The molecule has 2 nitrogen and oxygen atoms in total. The van der Waals surface area contributed by atoms with Crippen LogP contribution < -0.4 is 5.32 Å². The second kappa shape index (κ2) is 8.08. The minimum absolute atomic E-state index is 0.553. The van der Waals surface area contributed by atoms with E-state index in [1.165, 1.54) is 44.9 Å². The van der Waals surface area contributed by atoms with Gasteiger partial charge in [0.05, 0.1) is 6.10 Å². The SMILES string of the molecule is CCCC(C)CC(CCC1CCCO1)NC. The van der Waals surface area contributed by atoms with Crippen LogP contribution in [0.4, 0.5) is 0 Å². The number of hydrogen-bond acceptors (Lipinski definition) is 2. The zero-order chi connectivity index (χ0) is 11.8. The molecular weight excluding hydrogens is 198 g/mol. The monoisotopic (exact) mass is 227 g/mol. The maximum Gasteiger partial charge on any atom is 0.0576 e. The van der Waals surface area contributed by atoms with E-state index >= 15 is 0 Å². The summed E-state index contributed by atoms with van der Waals surface area (Å²) in [5.41, 5.74) is 0. The molecule has 96 valence electrons. The fourth-order valence-electron chi connectivity index (χ4n) is 2.74. The number of ether oxygens (including phenoxy) is 1. The summed E-state index contributed by atoms with van der Waals surface area (Å²) < 4.78 is 5.67. The van der Waals surface area contributed by atoms with Crippen molar-refractivity contribution in [2.45, 2.75) is 70.9 Å². The van der Waals surface area contributed by atoms with Gasteiger partial charge in [0.2, 0.25) is 0 Å². The van der Waals surface area contributed by atoms with Crippen LogP contribution in [0.1, 0.15) is 58.8 Å². The van der Waals surface area contributed by atoms with Crippen LogP contribution in [0.3, 0.4) is 0 Å². The van der Waals surface area contributed by atoms with Gasteiger partial charge in [0.1, 0.15) is 0 Å². The first-order chi connectivity index (χ1) is 7.76. The molecule has 1 saturated heterocycles. The van der Waals surface area contributed by atoms with Gasteiger partial charge in [-0.2, -0.15) is 0 Å². The second-order valence-corrected chi connectivity index (χ2v) is 5.33. The molecule has 16 heavy (non-hydrogen) atoms. The Kier molecular flexibility index (Phi) is 7.06.